The molecule has 118 valence electrons. The topological polar surface area (TPSA) is 62.5 Å². The van der Waals surface area contributed by atoms with Crippen LogP contribution in [0.5, 0.6) is 5.75 Å². The van der Waals surface area contributed by atoms with Crippen LogP contribution in [0.25, 0.3) is 22.0 Å². The number of phenols is 1. The molecular weight excluding hydrogens is 297 g/mol. The standard InChI is InChI=1S/C18H16FNO3/c1-2-20-17-9-14(11-3-5-13(22)6-4-11)16(19)8-15(17)12(10-21)7-18(20)23/h3-9,21-22H,2,10H2,1H3. The first-order valence-electron chi connectivity index (χ1n) is 7.31. The van der Waals surface area contributed by atoms with E-state index >= 15 is 0 Å². The highest BCUT2D eigenvalue weighted by atomic mass is 19.1. The molecule has 0 amide bonds. The minimum Gasteiger partial charge on any atom is -0.508 e. The molecule has 0 radical (unpaired) electrons. The predicted octanol–water partition coefficient (Wildman–Crippen LogP) is 3.03. The molecule has 5 heteroatoms. The largest absolute Gasteiger partial charge is 0.508 e. The van der Waals surface area contributed by atoms with Crippen molar-refractivity contribution in [3.8, 4) is 16.9 Å². The van der Waals surface area contributed by atoms with Gasteiger partial charge in [-0.05, 0) is 42.3 Å². The van der Waals surface area contributed by atoms with Gasteiger partial charge in [-0.15, -0.1) is 0 Å². The van der Waals surface area contributed by atoms with E-state index in [1.165, 1.54) is 28.8 Å². The van der Waals surface area contributed by atoms with Gasteiger partial charge in [0.1, 0.15) is 11.6 Å². The van der Waals surface area contributed by atoms with Gasteiger partial charge < -0.3 is 14.8 Å². The van der Waals surface area contributed by atoms with E-state index in [2.05, 4.69) is 0 Å². The van der Waals surface area contributed by atoms with Crippen molar-refractivity contribution in [2.75, 3.05) is 0 Å². The number of nitrogens with zero attached hydrogens (tertiary/aromatic N) is 1. The molecular formula is C18H16FNO3. The van der Waals surface area contributed by atoms with E-state index in [1.54, 1.807) is 18.2 Å². The Bertz CT molecular complexity index is 930. The van der Waals surface area contributed by atoms with Crippen LogP contribution in [-0.4, -0.2) is 14.8 Å². The Kier molecular flexibility index (Phi) is 3.88. The average molecular weight is 313 g/mol. The summed E-state index contributed by atoms with van der Waals surface area (Å²) in [6, 6.07) is 10.5. The fraction of sp³-hybridized carbons (Fsp3) is 0.167. The first-order chi connectivity index (χ1) is 11.0. The van der Waals surface area contributed by atoms with Crippen LogP contribution in [0, 0.1) is 5.82 Å². The lowest BCUT2D eigenvalue weighted by Gasteiger charge is -2.13. The number of benzene rings is 2. The second-order valence-electron chi connectivity index (χ2n) is 5.31. The van der Waals surface area contributed by atoms with E-state index in [-0.39, 0.29) is 17.9 Å². The molecule has 0 spiro atoms. The fourth-order valence-corrected chi connectivity index (χ4v) is 2.78. The number of fused-ring (bicyclic) bond motifs is 1. The number of hydrogen-bond donors (Lipinski definition) is 2. The lowest BCUT2D eigenvalue weighted by Crippen LogP contribution is -2.20. The molecule has 0 aliphatic heterocycles. The van der Waals surface area contributed by atoms with Crippen molar-refractivity contribution in [1.82, 2.24) is 4.57 Å². The second kappa shape index (κ2) is 5.85. The third-order valence-corrected chi connectivity index (χ3v) is 3.95. The Morgan fingerprint density at radius 1 is 1.13 bits per heavy atom. The van der Waals surface area contributed by atoms with Crippen LogP contribution >= 0.6 is 0 Å². The van der Waals surface area contributed by atoms with Crippen LogP contribution in [0.15, 0.2) is 47.3 Å². The molecule has 1 aromatic heterocycles. The molecule has 3 rings (SSSR count). The van der Waals surface area contributed by atoms with Crippen molar-refractivity contribution in [2.45, 2.75) is 20.1 Å². The fourth-order valence-electron chi connectivity index (χ4n) is 2.78. The van der Waals surface area contributed by atoms with Crippen LogP contribution in [-0.2, 0) is 13.2 Å². The number of pyridine rings is 1. The quantitative estimate of drug-likeness (QED) is 0.781. The lowest BCUT2D eigenvalue weighted by atomic mass is 10.0. The third kappa shape index (κ3) is 2.59. The number of aliphatic hydroxyl groups is 1. The van der Waals surface area contributed by atoms with Crippen molar-refractivity contribution in [3.05, 3.63) is 64.2 Å². The minimum absolute atomic E-state index is 0.1000. The van der Waals surface area contributed by atoms with Gasteiger partial charge in [-0.1, -0.05) is 12.1 Å². The number of aromatic nitrogens is 1. The van der Waals surface area contributed by atoms with Crippen LogP contribution in [0.1, 0.15) is 12.5 Å². The number of phenolic OH excluding ortho intramolecular Hbond substituents is 1. The van der Waals surface area contributed by atoms with E-state index in [4.69, 9.17) is 0 Å². The van der Waals surface area contributed by atoms with Crippen molar-refractivity contribution in [2.24, 2.45) is 0 Å². The number of halogens is 1. The zero-order valence-electron chi connectivity index (χ0n) is 12.6. The maximum Gasteiger partial charge on any atom is 0.251 e. The SMILES string of the molecule is CCn1c(=O)cc(CO)c2cc(F)c(-c3ccc(O)cc3)cc21. The first kappa shape index (κ1) is 15.2. The molecule has 1 heterocycles. The van der Waals surface area contributed by atoms with Gasteiger partial charge in [-0.2, -0.15) is 0 Å². The summed E-state index contributed by atoms with van der Waals surface area (Å²) in [4.78, 5) is 12.1. The zero-order chi connectivity index (χ0) is 16.6. The van der Waals surface area contributed by atoms with Crippen molar-refractivity contribution < 1.29 is 14.6 Å². The minimum atomic E-state index is -0.445. The van der Waals surface area contributed by atoms with Crippen molar-refractivity contribution in [3.63, 3.8) is 0 Å². The molecule has 0 bridgehead atoms. The van der Waals surface area contributed by atoms with Crippen LogP contribution in [0.4, 0.5) is 4.39 Å². The highest BCUT2D eigenvalue weighted by Crippen LogP contribution is 2.29. The Morgan fingerprint density at radius 3 is 2.43 bits per heavy atom. The van der Waals surface area contributed by atoms with Crippen LogP contribution in [0.3, 0.4) is 0 Å². The molecule has 0 aliphatic carbocycles. The molecule has 0 fully saturated rings. The number of aromatic hydroxyl groups is 1. The second-order valence-corrected chi connectivity index (χ2v) is 5.31. The zero-order valence-corrected chi connectivity index (χ0v) is 12.6. The number of hydrogen-bond acceptors (Lipinski definition) is 3. The normalized spacial score (nSPS) is 11.1. The monoisotopic (exact) mass is 313 g/mol. The van der Waals surface area contributed by atoms with Gasteiger partial charge in [0, 0.05) is 23.6 Å². The molecule has 2 N–H and O–H groups in total. The van der Waals surface area contributed by atoms with Gasteiger partial charge >= 0.3 is 0 Å². The van der Waals surface area contributed by atoms with Gasteiger partial charge in [0.25, 0.3) is 5.56 Å². The smallest absolute Gasteiger partial charge is 0.251 e. The van der Waals surface area contributed by atoms with E-state index in [0.717, 1.165) is 0 Å². The summed E-state index contributed by atoms with van der Waals surface area (Å²) in [6.07, 6.45) is 0. The number of aliphatic hydroxyl groups excluding tert-OH is 1. The molecule has 0 unspecified atom stereocenters. The Balaban J connectivity index is 2.36. The van der Waals surface area contributed by atoms with Gasteiger partial charge in [-0.25, -0.2) is 4.39 Å². The summed E-state index contributed by atoms with van der Waals surface area (Å²) < 4.78 is 16.1. The first-order valence-corrected chi connectivity index (χ1v) is 7.31. The molecule has 3 aromatic rings. The summed E-state index contributed by atoms with van der Waals surface area (Å²) in [6.45, 7) is 1.96. The molecule has 0 saturated carbocycles. The predicted molar refractivity (Wildman–Crippen MR) is 86.9 cm³/mol. The van der Waals surface area contributed by atoms with Gasteiger partial charge in [0.15, 0.2) is 0 Å². The van der Waals surface area contributed by atoms with Gasteiger partial charge in [0.2, 0.25) is 0 Å². The third-order valence-electron chi connectivity index (χ3n) is 3.95. The van der Waals surface area contributed by atoms with Gasteiger partial charge in [-0.3, -0.25) is 4.79 Å². The Hall–Kier alpha value is -2.66. The van der Waals surface area contributed by atoms with Crippen molar-refractivity contribution in [1.29, 1.82) is 0 Å². The van der Waals surface area contributed by atoms with E-state index in [0.29, 0.717) is 34.1 Å². The van der Waals surface area contributed by atoms with Crippen molar-refractivity contribution >= 4 is 10.9 Å². The molecule has 2 aromatic carbocycles. The van der Waals surface area contributed by atoms with Crippen LogP contribution in [0.2, 0.25) is 0 Å². The van der Waals surface area contributed by atoms with Gasteiger partial charge in [0.05, 0.1) is 12.1 Å². The molecule has 0 atom stereocenters. The van der Waals surface area contributed by atoms with E-state index in [9.17, 15) is 19.4 Å². The summed E-state index contributed by atoms with van der Waals surface area (Å²) in [7, 11) is 0. The maximum absolute atomic E-state index is 14.5. The molecule has 0 saturated heterocycles. The molecule has 0 aliphatic rings. The molecule has 23 heavy (non-hydrogen) atoms. The summed E-state index contributed by atoms with van der Waals surface area (Å²) >= 11 is 0. The maximum atomic E-state index is 14.5. The van der Waals surface area contributed by atoms with E-state index < -0.39 is 5.82 Å². The summed E-state index contributed by atoms with van der Waals surface area (Å²) in [5.41, 5.74) is 1.70. The average Bonchev–Trinajstić information content (AvgIpc) is 2.55. The Morgan fingerprint density at radius 2 is 1.83 bits per heavy atom. The molecule has 4 nitrogen and oxygen atoms in total. The lowest BCUT2D eigenvalue weighted by molar-refractivity contribution is 0.283. The van der Waals surface area contributed by atoms with E-state index in [1.807, 2.05) is 6.92 Å². The highest BCUT2D eigenvalue weighted by molar-refractivity contribution is 5.87. The number of aryl methyl sites for hydroxylation is 1. The Labute approximate surface area is 132 Å². The summed E-state index contributed by atoms with van der Waals surface area (Å²) in [5, 5.41) is 19.3. The number of rotatable bonds is 3. The summed E-state index contributed by atoms with van der Waals surface area (Å²) in [5.74, 6) is -0.345. The highest BCUT2D eigenvalue weighted by Gasteiger charge is 2.13. The van der Waals surface area contributed by atoms with Crippen LogP contribution < -0.4 is 5.56 Å².